The molecule has 2 aromatic rings. The van der Waals surface area contributed by atoms with E-state index < -0.39 is 0 Å². The van der Waals surface area contributed by atoms with E-state index in [2.05, 4.69) is 32.7 Å². The van der Waals surface area contributed by atoms with Crippen LogP contribution in [0.25, 0.3) is 0 Å². The van der Waals surface area contributed by atoms with Crippen LogP contribution in [-0.2, 0) is 6.54 Å². The summed E-state index contributed by atoms with van der Waals surface area (Å²) in [4.78, 5) is 18.9. The first-order valence-corrected chi connectivity index (χ1v) is 10.2. The minimum absolute atomic E-state index is 0.0159. The van der Waals surface area contributed by atoms with E-state index in [1.54, 1.807) is 6.20 Å². The van der Waals surface area contributed by atoms with Gasteiger partial charge in [0.15, 0.2) is 0 Å². The first kappa shape index (κ1) is 18.7. The second-order valence-corrected chi connectivity index (χ2v) is 7.54. The number of amides is 1. The lowest BCUT2D eigenvalue weighted by molar-refractivity contribution is 0.0950. The fourth-order valence-corrected chi connectivity index (χ4v) is 3.47. The quantitative estimate of drug-likeness (QED) is 0.737. The Morgan fingerprint density at radius 2 is 1.96 bits per heavy atom. The van der Waals surface area contributed by atoms with E-state index in [1.165, 1.54) is 5.56 Å². The Morgan fingerprint density at radius 3 is 2.64 bits per heavy atom. The zero-order chi connectivity index (χ0) is 19.3. The number of hydrogen-bond acceptors (Lipinski definition) is 5. The highest BCUT2D eigenvalue weighted by Gasteiger charge is 2.25. The third-order valence-electron chi connectivity index (χ3n) is 5.26. The fraction of sp³-hybridized carbons (Fsp3) is 0.455. The lowest BCUT2D eigenvalue weighted by atomic mass is 10.2. The van der Waals surface area contributed by atoms with E-state index in [-0.39, 0.29) is 5.91 Å². The molecule has 0 spiro atoms. The van der Waals surface area contributed by atoms with Gasteiger partial charge in [-0.3, -0.25) is 4.79 Å². The molecule has 1 saturated heterocycles. The summed E-state index contributed by atoms with van der Waals surface area (Å²) in [5.74, 6) is 1.84. The average molecular weight is 380 g/mol. The Hall–Kier alpha value is -2.60. The summed E-state index contributed by atoms with van der Waals surface area (Å²) in [6.45, 7) is 5.43. The molecule has 148 valence electrons. The molecule has 1 saturated carbocycles. The minimum atomic E-state index is -0.0159. The maximum atomic E-state index is 12.1. The standard InChI is InChI=1S/C22H28N4O2/c1-2-28-20-8-3-16(4-9-20)13-23-19-11-12-26(15-19)21-10-5-17(14-24-21)22(27)25-18-6-7-18/h3-5,8-10,14,18-19,23H,2,6-7,11-13,15H2,1H3,(H,25,27)/t19-/m0/s1. The summed E-state index contributed by atoms with van der Waals surface area (Å²) in [7, 11) is 0. The molecular weight excluding hydrogens is 352 g/mol. The number of anilines is 1. The number of aromatic nitrogens is 1. The Morgan fingerprint density at radius 1 is 1.14 bits per heavy atom. The van der Waals surface area contributed by atoms with Crippen LogP contribution in [0.5, 0.6) is 5.75 Å². The highest BCUT2D eigenvalue weighted by atomic mass is 16.5. The average Bonchev–Trinajstić information content (AvgIpc) is 3.41. The monoisotopic (exact) mass is 380 g/mol. The smallest absolute Gasteiger partial charge is 0.253 e. The van der Waals surface area contributed by atoms with E-state index in [1.807, 2.05) is 31.2 Å². The van der Waals surface area contributed by atoms with Crippen LogP contribution >= 0.6 is 0 Å². The predicted molar refractivity (Wildman–Crippen MR) is 110 cm³/mol. The van der Waals surface area contributed by atoms with Gasteiger partial charge in [0.2, 0.25) is 0 Å². The van der Waals surface area contributed by atoms with Crippen molar-refractivity contribution in [3.05, 3.63) is 53.7 Å². The fourth-order valence-electron chi connectivity index (χ4n) is 3.47. The Bertz CT molecular complexity index is 787. The largest absolute Gasteiger partial charge is 0.494 e. The SMILES string of the molecule is CCOc1ccc(CN[C@H]2CCN(c3ccc(C(=O)NC4CC4)cn3)C2)cc1. The molecule has 4 rings (SSSR count). The van der Waals surface area contributed by atoms with Crippen LogP contribution in [0, 0.1) is 0 Å². The van der Waals surface area contributed by atoms with Crippen molar-refractivity contribution in [1.29, 1.82) is 0 Å². The normalized spacial score (nSPS) is 18.9. The molecule has 28 heavy (non-hydrogen) atoms. The summed E-state index contributed by atoms with van der Waals surface area (Å²) >= 11 is 0. The third kappa shape index (κ3) is 4.81. The first-order chi connectivity index (χ1) is 13.7. The van der Waals surface area contributed by atoms with Gasteiger partial charge in [-0.05, 0) is 56.0 Å². The molecule has 0 unspecified atom stereocenters. The van der Waals surface area contributed by atoms with Crippen molar-refractivity contribution in [3.63, 3.8) is 0 Å². The molecule has 1 aromatic carbocycles. The van der Waals surface area contributed by atoms with Crippen molar-refractivity contribution in [3.8, 4) is 5.75 Å². The lowest BCUT2D eigenvalue weighted by Gasteiger charge is -2.18. The van der Waals surface area contributed by atoms with Gasteiger partial charge in [0, 0.05) is 37.9 Å². The van der Waals surface area contributed by atoms with E-state index >= 15 is 0 Å². The Labute approximate surface area is 166 Å². The molecule has 6 heteroatoms. The van der Waals surface area contributed by atoms with E-state index in [9.17, 15) is 4.79 Å². The molecule has 1 aromatic heterocycles. The molecule has 1 atom stereocenters. The zero-order valence-corrected chi connectivity index (χ0v) is 16.4. The van der Waals surface area contributed by atoms with Gasteiger partial charge < -0.3 is 20.3 Å². The predicted octanol–water partition coefficient (Wildman–Crippen LogP) is 2.74. The number of carbonyl (C=O) groups is 1. The van der Waals surface area contributed by atoms with Crippen LogP contribution in [0.4, 0.5) is 5.82 Å². The number of nitrogens with one attached hydrogen (secondary N) is 2. The number of rotatable bonds is 8. The van der Waals surface area contributed by atoms with E-state index in [0.717, 1.165) is 50.5 Å². The van der Waals surface area contributed by atoms with Crippen LogP contribution in [0.1, 0.15) is 42.1 Å². The van der Waals surface area contributed by atoms with E-state index in [4.69, 9.17) is 4.74 Å². The van der Waals surface area contributed by atoms with Crippen molar-refractivity contribution in [2.45, 2.75) is 44.8 Å². The summed E-state index contributed by atoms with van der Waals surface area (Å²) < 4.78 is 5.49. The van der Waals surface area contributed by atoms with Gasteiger partial charge in [0.25, 0.3) is 5.91 Å². The molecule has 2 heterocycles. The molecule has 1 aliphatic heterocycles. The first-order valence-electron chi connectivity index (χ1n) is 10.2. The molecule has 6 nitrogen and oxygen atoms in total. The number of carbonyl (C=O) groups excluding carboxylic acids is 1. The summed E-state index contributed by atoms with van der Waals surface area (Å²) in [6, 6.07) is 12.9. The van der Waals surface area contributed by atoms with Crippen LogP contribution < -0.4 is 20.3 Å². The van der Waals surface area contributed by atoms with Crippen molar-refractivity contribution in [1.82, 2.24) is 15.6 Å². The van der Waals surface area contributed by atoms with Gasteiger partial charge in [0.1, 0.15) is 11.6 Å². The number of pyridine rings is 1. The molecule has 0 radical (unpaired) electrons. The highest BCUT2D eigenvalue weighted by Crippen LogP contribution is 2.21. The molecule has 0 bridgehead atoms. The maximum absolute atomic E-state index is 12.1. The van der Waals surface area contributed by atoms with E-state index in [0.29, 0.717) is 24.3 Å². The van der Waals surface area contributed by atoms with Gasteiger partial charge >= 0.3 is 0 Å². The number of ether oxygens (including phenoxy) is 1. The molecule has 2 fully saturated rings. The van der Waals surface area contributed by atoms with Crippen LogP contribution in [0.2, 0.25) is 0 Å². The summed E-state index contributed by atoms with van der Waals surface area (Å²) in [5.41, 5.74) is 1.89. The molecule has 2 N–H and O–H groups in total. The second kappa shape index (κ2) is 8.61. The van der Waals surface area contributed by atoms with Crippen molar-refractivity contribution < 1.29 is 9.53 Å². The Kier molecular flexibility index (Phi) is 5.76. The van der Waals surface area contributed by atoms with Crippen LogP contribution in [0.15, 0.2) is 42.6 Å². The van der Waals surface area contributed by atoms with Gasteiger partial charge in [-0.1, -0.05) is 12.1 Å². The van der Waals surface area contributed by atoms with Crippen LogP contribution in [-0.4, -0.2) is 42.7 Å². The summed E-state index contributed by atoms with van der Waals surface area (Å²) in [5, 5.41) is 6.63. The van der Waals surface area contributed by atoms with Gasteiger partial charge in [-0.25, -0.2) is 4.98 Å². The molecule has 2 aliphatic rings. The highest BCUT2D eigenvalue weighted by molar-refractivity contribution is 5.94. The van der Waals surface area contributed by atoms with Gasteiger partial charge in [-0.2, -0.15) is 0 Å². The minimum Gasteiger partial charge on any atom is -0.494 e. The van der Waals surface area contributed by atoms with Gasteiger partial charge in [0.05, 0.1) is 12.2 Å². The lowest BCUT2D eigenvalue weighted by Crippen LogP contribution is -2.32. The van der Waals surface area contributed by atoms with Crippen molar-refractivity contribution >= 4 is 11.7 Å². The third-order valence-corrected chi connectivity index (χ3v) is 5.26. The second-order valence-electron chi connectivity index (χ2n) is 7.54. The summed E-state index contributed by atoms with van der Waals surface area (Å²) in [6.07, 6.45) is 4.96. The topological polar surface area (TPSA) is 66.5 Å². The number of nitrogens with zero attached hydrogens (tertiary/aromatic N) is 2. The van der Waals surface area contributed by atoms with Crippen LogP contribution in [0.3, 0.4) is 0 Å². The number of benzene rings is 1. The van der Waals surface area contributed by atoms with Crippen molar-refractivity contribution in [2.24, 2.45) is 0 Å². The molecular formula is C22H28N4O2. The Balaban J connectivity index is 1.26. The zero-order valence-electron chi connectivity index (χ0n) is 16.4. The van der Waals surface area contributed by atoms with Crippen molar-refractivity contribution in [2.75, 3.05) is 24.6 Å². The molecule has 1 amide bonds. The van der Waals surface area contributed by atoms with Gasteiger partial charge in [-0.15, -0.1) is 0 Å². The number of hydrogen-bond donors (Lipinski definition) is 2. The maximum Gasteiger partial charge on any atom is 0.253 e. The molecule has 1 aliphatic carbocycles.